The first-order valence-corrected chi connectivity index (χ1v) is 19.2. The van der Waals surface area contributed by atoms with Gasteiger partial charge in [0.25, 0.3) is 0 Å². The number of cyclic esters (lactones) is 2. The van der Waals surface area contributed by atoms with Crippen LogP contribution < -0.4 is 14.2 Å². The Morgan fingerprint density at radius 2 is 1.17 bits per heavy atom. The molecule has 15 nitrogen and oxygen atoms in total. The van der Waals surface area contributed by atoms with Crippen LogP contribution in [0.5, 0.6) is 23.0 Å². The second-order valence-electron chi connectivity index (χ2n) is 14.6. The normalized spacial score (nSPS) is 26.4. The molecule has 64 heavy (non-hydrogen) atoms. The van der Waals surface area contributed by atoms with Crippen molar-refractivity contribution in [2.45, 2.75) is 94.3 Å². The molecule has 21 heteroatoms. The van der Waals surface area contributed by atoms with Crippen molar-refractivity contribution in [3.63, 3.8) is 0 Å². The molecule has 3 N–H and O–H groups in total. The molecule has 0 saturated carbocycles. The van der Waals surface area contributed by atoms with Crippen molar-refractivity contribution in [2.24, 2.45) is 0 Å². The van der Waals surface area contributed by atoms with Gasteiger partial charge < -0.3 is 53.2 Å². The van der Waals surface area contributed by atoms with Crippen molar-refractivity contribution in [3.8, 4) is 23.0 Å². The molecular formula is C43H46F6O15. The van der Waals surface area contributed by atoms with Crippen LogP contribution in [0.4, 0.5) is 26.3 Å². The molecule has 0 aromatic heterocycles. The van der Waals surface area contributed by atoms with Gasteiger partial charge in [-0.2, -0.15) is 26.3 Å². The number of aliphatic hydroxyl groups is 2. The van der Waals surface area contributed by atoms with Crippen molar-refractivity contribution in [1.29, 1.82) is 0 Å². The summed E-state index contributed by atoms with van der Waals surface area (Å²) in [6.07, 6.45) is -12.5. The standard InChI is InChI=1S/C24H27F3O8.C19H19F3O7/c1-23(2)34-17-9-5-7-14-11-15(31-4)12-18(32-13-30-3)20(14)22(29)33-19(24(25,26)27)10-6-8-16(28)21(17)35-23;1-28-11-8-10-4-2-5-12(23)17(26)13(24)6-3-7-15(19(20,21)22)29-18(27)16(10)14(25)9-11/h5-8,11-12,17,19,21H,9-10,13H2,1-4H3;2-4,6,8-9,12,15,17,23,25-26H,5,7H2,1H3/b7-5+,8-6-;4-2+,6-3-/t17-,19+,21+;12-,15+,17-/m00/s1. The van der Waals surface area contributed by atoms with Gasteiger partial charge in [0.1, 0.15) is 46.3 Å². The number of alkyl halides is 6. The molecule has 2 aromatic carbocycles. The maximum Gasteiger partial charge on any atom is 0.425 e. The number of carbonyl (C=O) groups excluding carboxylic acids is 4. The number of fused-ring (bicyclic) bond motifs is 3. The number of benzene rings is 2. The van der Waals surface area contributed by atoms with Crippen molar-refractivity contribution in [3.05, 3.63) is 83.0 Å². The molecule has 3 heterocycles. The lowest BCUT2D eigenvalue weighted by Gasteiger charge is -2.22. The minimum atomic E-state index is -4.95. The summed E-state index contributed by atoms with van der Waals surface area (Å²) in [5, 5.41) is 29.8. The molecule has 2 aromatic rings. The number of ether oxygens (including phenoxy) is 8. The third kappa shape index (κ3) is 13.6. The Morgan fingerprint density at radius 3 is 1.72 bits per heavy atom. The number of carbonyl (C=O) groups is 4. The van der Waals surface area contributed by atoms with E-state index in [1.807, 2.05) is 0 Å². The summed E-state index contributed by atoms with van der Waals surface area (Å²) in [5.41, 5.74) is -0.599. The van der Waals surface area contributed by atoms with E-state index in [1.54, 1.807) is 19.9 Å². The number of halogens is 6. The monoisotopic (exact) mass is 916 g/mol. The molecule has 0 aliphatic carbocycles. The van der Waals surface area contributed by atoms with E-state index in [0.29, 0.717) is 11.8 Å². The first kappa shape index (κ1) is 50.9. The fourth-order valence-corrected chi connectivity index (χ4v) is 6.32. The van der Waals surface area contributed by atoms with Crippen LogP contribution in [-0.2, 0) is 33.3 Å². The Balaban J connectivity index is 0.000000286. The molecule has 0 bridgehead atoms. The van der Waals surface area contributed by atoms with E-state index in [2.05, 4.69) is 4.74 Å². The third-order valence-electron chi connectivity index (χ3n) is 9.39. The number of hydrogen-bond acceptors (Lipinski definition) is 15. The van der Waals surface area contributed by atoms with Crippen LogP contribution >= 0.6 is 0 Å². The van der Waals surface area contributed by atoms with Crippen molar-refractivity contribution >= 4 is 35.7 Å². The van der Waals surface area contributed by atoms with E-state index in [4.69, 9.17) is 33.2 Å². The fraction of sp³-hybridized carbons (Fsp3) is 0.442. The highest BCUT2D eigenvalue weighted by Gasteiger charge is 2.46. The summed E-state index contributed by atoms with van der Waals surface area (Å²) in [6.45, 7) is 3.01. The van der Waals surface area contributed by atoms with Gasteiger partial charge in [0.05, 0.1) is 26.4 Å². The number of aliphatic hydroxyl groups excluding tert-OH is 2. The van der Waals surface area contributed by atoms with Crippen molar-refractivity contribution < 1.29 is 98.7 Å². The SMILES string of the molecule is COCOc1cc(OC)cc2c1C(=O)O[C@@H](C(F)(F)F)C/C=C\C(=O)[C@H]1OC(C)(C)O[C@H]1C/C=C/2.COc1cc(O)c2c(c1)/C=C/C[C@H](O)[C@H](O)C(=O)/C=C\C[C@H](C(F)(F)F)OC2=O. The summed E-state index contributed by atoms with van der Waals surface area (Å²) < 4.78 is 122. The van der Waals surface area contributed by atoms with Crippen LogP contribution in [-0.4, -0.2) is 122 Å². The molecule has 3 aliphatic rings. The maximum absolute atomic E-state index is 13.7. The Kier molecular flexibility index (Phi) is 17.3. The Labute approximate surface area is 362 Å². The largest absolute Gasteiger partial charge is 0.507 e. The van der Waals surface area contributed by atoms with E-state index in [-0.39, 0.29) is 47.8 Å². The highest BCUT2D eigenvalue weighted by molar-refractivity contribution is 5.98. The van der Waals surface area contributed by atoms with E-state index in [9.17, 15) is 60.8 Å². The summed E-state index contributed by atoms with van der Waals surface area (Å²) in [4.78, 5) is 49.8. The number of methoxy groups -OCH3 is 3. The third-order valence-corrected chi connectivity index (χ3v) is 9.39. The molecule has 3 aliphatic heterocycles. The molecule has 0 amide bonds. The van der Waals surface area contributed by atoms with Gasteiger partial charge in [-0.3, -0.25) is 9.59 Å². The molecule has 1 saturated heterocycles. The topological polar surface area (TPSA) is 203 Å². The molecule has 0 unspecified atom stereocenters. The van der Waals surface area contributed by atoms with Gasteiger partial charge in [0, 0.05) is 32.1 Å². The molecule has 350 valence electrons. The van der Waals surface area contributed by atoms with Gasteiger partial charge in [0.2, 0.25) is 12.2 Å². The summed E-state index contributed by atoms with van der Waals surface area (Å²) in [5.74, 6) is -5.60. The predicted octanol–water partition coefficient (Wildman–Crippen LogP) is 6.36. The van der Waals surface area contributed by atoms with E-state index in [1.165, 1.54) is 57.8 Å². The lowest BCUT2D eigenvalue weighted by molar-refractivity contribution is -0.203. The van der Waals surface area contributed by atoms with Gasteiger partial charge in [-0.25, -0.2) is 9.59 Å². The zero-order valence-corrected chi connectivity index (χ0v) is 34.9. The van der Waals surface area contributed by atoms with Crippen LogP contribution in [0.25, 0.3) is 12.2 Å². The van der Waals surface area contributed by atoms with Gasteiger partial charge in [-0.15, -0.1) is 0 Å². The van der Waals surface area contributed by atoms with Gasteiger partial charge in [-0.05, 0) is 62.1 Å². The minimum absolute atomic E-state index is 0.0339. The Hall–Kier alpha value is -5.74. The predicted molar refractivity (Wildman–Crippen MR) is 211 cm³/mol. The lowest BCUT2D eigenvalue weighted by Crippen LogP contribution is -2.34. The molecular weight excluding hydrogens is 870 g/mol. The Morgan fingerprint density at radius 1 is 0.672 bits per heavy atom. The zero-order chi connectivity index (χ0) is 47.6. The van der Waals surface area contributed by atoms with Crippen molar-refractivity contribution in [2.75, 3.05) is 28.1 Å². The van der Waals surface area contributed by atoms with Crippen LogP contribution in [0.1, 0.15) is 71.4 Å². The first-order chi connectivity index (χ1) is 30.0. The van der Waals surface area contributed by atoms with E-state index in [0.717, 1.165) is 24.3 Å². The fourth-order valence-electron chi connectivity index (χ4n) is 6.32. The lowest BCUT2D eigenvalue weighted by atomic mass is 10.0. The summed E-state index contributed by atoms with van der Waals surface area (Å²) in [6, 6.07) is 5.12. The van der Waals surface area contributed by atoms with Crippen LogP contribution in [0.3, 0.4) is 0 Å². The highest BCUT2D eigenvalue weighted by Crippen LogP contribution is 2.37. The van der Waals surface area contributed by atoms with Crippen LogP contribution in [0.15, 0.2) is 60.7 Å². The zero-order valence-electron chi connectivity index (χ0n) is 34.9. The van der Waals surface area contributed by atoms with Gasteiger partial charge >= 0.3 is 24.3 Å². The molecule has 6 atom stereocenters. The van der Waals surface area contributed by atoms with Crippen LogP contribution in [0, 0.1) is 0 Å². The first-order valence-electron chi connectivity index (χ1n) is 19.2. The van der Waals surface area contributed by atoms with E-state index < -0.39 is 102 Å². The number of rotatable bonds is 5. The second-order valence-corrected chi connectivity index (χ2v) is 14.6. The number of phenolic OH excluding ortho intramolecular Hbond substituents is 1. The molecule has 0 spiro atoms. The number of ketones is 2. The summed E-state index contributed by atoms with van der Waals surface area (Å²) in [7, 11) is 4.03. The van der Waals surface area contributed by atoms with Crippen LogP contribution in [0.2, 0.25) is 0 Å². The molecule has 5 rings (SSSR count). The van der Waals surface area contributed by atoms with Gasteiger partial charge in [0.15, 0.2) is 24.1 Å². The van der Waals surface area contributed by atoms with Gasteiger partial charge in [-0.1, -0.05) is 36.5 Å². The highest BCUT2D eigenvalue weighted by atomic mass is 19.4. The second kappa shape index (κ2) is 21.8. The molecule has 1 fully saturated rings. The number of phenols is 1. The van der Waals surface area contributed by atoms with E-state index >= 15 is 0 Å². The average Bonchev–Trinajstić information content (AvgIpc) is 3.53. The minimum Gasteiger partial charge on any atom is -0.507 e. The number of aromatic hydroxyl groups is 1. The quantitative estimate of drug-likeness (QED) is 0.170. The number of esters is 2. The Bertz CT molecular complexity index is 2120. The van der Waals surface area contributed by atoms with Crippen molar-refractivity contribution in [1.82, 2.24) is 0 Å². The average molecular weight is 917 g/mol. The molecule has 0 radical (unpaired) electrons. The number of hydrogen-bond donors (Lipinski definition) is 3. The maximum atomic E-state index is 13.7. The summed E-state index contributed by atoms with van der Waals surface area (Å²) >= 11 is 0. The smallest absolute Gasteiger partial charge is 0.425 e.